The van der Waals surface area contributed by atoms with Crippen LogP contribution in [0.5, 0.6) is 0 Å². The van der Waals surface area contributed by atoms with Crippen LogP contribution in [-0.4, -0.2) is 15.6 Å². The van der Waals surface area contributed by atoms with Gasteiger partial charge in [0.1, 0.15) is 0 Å². The van der Waals surface area contributed by atoms with Crippen molar-refractivity contribution in [3.05, 3.63) is 57.9 Å². The van der Waals surface area contributed by atoms with Gasteiger partial charge >= 0.3 is 5.97 Å². The molecule has 0 unspecified atom stereocenters. The lowest BCUT2D eigenvalue weighted by Crippen LogP contribution is -2.00. The summed E-state index contributed by atoms with van der Waals surface area (Å²) in [6, 6.07) is 11.8. The molecule has 0 spiro atoms. The molecule has 106 valence electrons. The zero-order valence-electron chi connectivity index (χ0n) is 11.8. The zero-order chi connectivity index (χ0) is 15.0. The van der Waals surface area contributed by atoms with E-state index in [0.717, 1.165) is 27.0 Å². The Morgan fingerprint density at radius 2 is 2.00 bits per heavy atom. The molecule has 2 aromatic heterocycles. The Bertz CT molecular complexity index is 802. The summed E-state index contributed by atoms with van der Waals surface area (Å²) in [4.78, 5) is 12.3. The van der Waals surface area contributed by atoms with Crippen LogP contribution < -0.4 is 0 Å². The van der Waals surface area contributed by atoms with E-state index in [-0.39, 0.29) is 0 Å². The lowest BCUT2D eigenvalue weighted by atomic mass is 10.1. The third-order valence-corrected chi connectivity index (χ3v) is 4.62. The number of carboxylic acid groups (broad SMARTS) is 1. The summed E-state index contributed by atoms with van der Waals surface area (Å²) in [5, 5.41) is 12.5. The molecule has 0 atom stereocenters. The van der Waals surface area contributed by atoms with Crippen LogP contribution in [-0.2, 0) is 11.8 Å². The summed E-state index contributed by atoms with van der Waals surface area (Å²) in [6.07, 6.45) is 1.77. The van der Waals surface area contributed by atoms with Crippen molar-refractivity contribution in [2.24, 2.45) is 7.05 Å². The maximum Gasteiger partial charge on any atom is 0.337 e. The van der Waals surface area contributed by atoms with Crippen molar-refractivity contribution >= 4 is 39.9 Å². The molecule has 1 N–H and O–H groups in total. The van der Waals surface area contributed by atoms with E-state index < -0.39 is 5.97 Å². The van der Waals surface area contributed by atoms with Gasteiger partial charge in [-0.15, -0.1) is 11.3 Å². The van der Waals surface area contributed by atoms with Crippen molar-refractivity contribution < 1.29 is 9.90 Å². The molecule has 3 aromatic rings. The Morgan fingerprint density at radius 1 is 1.24 bits per heavy atom. The Hall–Kier alpha value is -2.33. The van der Waals surface area contributed by atoms with Gasteiger partial charge in [0, 0.05) is 28.5 Å². The Kier molecular flexibility index (Phi) is 3.39. The Morgan fingerprint density at radius 3 is 2.62 bits per heavy atom. The van der Waals surface area contributed by atoms with Crippen LogP contribution in [0.15, 0.2) is 41.8 Å². The molecular formula is C17H15NO2S. The summed E-state index contributed by atoms with van der Waals surface area (Å²) in [5.41, 5.74) is 3.47. The van der Waals surface area contributed by atoms with E-state index in [1.165, 1.54) is 11.3 Å². The average molecular weight is 297 g/mol. The number of carboxylic acids is 1. The van der Waals surface area contributed by atoms with Crippen LogP contribution in [0.25, 0.3) is 22.6 Å². The number of hydrogen-bond donors (Lipinski definition) is 1. The van der Waals surface area contributed by atoms with Gasteiger partial charge < -0.3 is 9.67 Å². The minimum Gasteiger partial charge on any atom is -0.478 e. The van der Waals surface area contributed by atoms with Gasteiger partial charge in [-0.3, -0.25) is 0 Å². The highest BCUT2D eigenvalue weighted by Crippen LogP contribution is 2.29. The number of nitrogens with zero attached hydrogens (tertiary/aromatic N) is 1. The molecule has 0 aliphatic rings. The second kappa shape index (κ2) is 5.22. The van der Waals surface area contributed by atoms with E-state index in [1.54, 1.807) is 6.08 Å². The number of aliphatic carboxylic acids is 1. The number of aryl methyl sites for hydroxylation is 2. The van der Waals surface area contributed by atoms with Gasteiger partial charge in [0.25, 0.3) is 0 Å². The first-order valence-electron chi connectivity index (χ1n) is 6.62. The molecule has 0 aliphatic heterocycles. The molecule has 0 saturated carbocycles. The molecular weight excluding hydrogens is 282 g/mol. The first kappa shape index (κ1) is 13.6. The quantitative estimate of drug-likeness (QED) is 0.737. The van der Waals surface area contributed by atoms with Crippen molar-refractivity contribution in [3.63, 3.8) is 0 Å². The molecule has 2 heterocycles. The van der Waals surface area contributed by atoms with Crippen LogP contribution in [0, 0.1) is 6.92 Å². The van der Waals surface area contributed by atoms with Gasteiger partial charge in [-0.05, 0) is 36.1 Å². The second-order valence-electron chi connectivity index (χ2n) is 4.93. The third kappa shape index (κ3) is 2.28. The average Bonchev–Trinajstić information content (AvgIpc) is 3.07. The summed E-state index contributed by atoms with van der Waals surface area (Å²) in [7, 11) is 1.97. The number of rotatable bonds is 3. The van der Waals surface area contributed by atoms with E-state index in [2.05, 4.69) is 6.07 Å². The molecule has 0 bridgehead atoms. The second-order valence-corrected chi connectivity index (χ2v) is 5.87. The number of para-hydroxylation sites is 1. The Balaban J connectivity index is 2.24. The van der Waals surface area contributed by atoms with Crippen molar-refractivity contribution in [2.75, 3.05) is 0 Å². The standard InChI is InChI=1S/C17H15NO2S/c1-11-12-6-3-4-7-14(12)18(2)15(11)10-13(17(19)20)16-8-5-9-21-16/h3-10H,1-2H3,(H,19,20)/b13-10+. The molecule has 0 amide bonds. The number of carbonyl (C=O) groups is 1. The monoisotopic (exact) mass is 297 g/mol. The van der Waals surface area contributed by atoms with E-state index >= 15 is 0 Å². The molecule has 0 radical (unpaired) electrons. The molecule has 0 fully saturated rings. The van der Waals surface area contributed by atoms with Gasteiger partial charge in [-0.2, -0.15) is 0 Å². The first-order valence-corrected chi connectivity index (χ1v) is 7.50. The van der Waals surface area contributed by atoms with Crippen LogP contribution in [0.3, 0.4) is 0 Å². The maximum atomic E-state index is 11.6. The lowest BCUT2D eigenvalue weighted by molar-refractivity contribution is -0.130. The highest BCUT2D eigenvalue weighted by molar-refractivity contribution is 7.11. The van der Waals surface area contributed by atoms with E-state index in [1.807, 2.05) is 54.3 Å². The molecule has 0 aliphatic carbocycles. The maximum absolute atomic E-state index is 11.6. The van der Waals surface area contributed by atoms with E-state index in [0.29, 0.717) is 5.57 Å². The first-order chi connectivity index (χ1) is 10.1. The molecule has 4 heteroatoms. The van der Waals surface area contributed by atoms with Crippen molar-refractivity contribution in [3.8, 4) is 0 Å². The smallest absolute Gasteiger partial charge is 0.337 e. The minimum absolute atomic E-state index is 0.332. The molecule has 3 rings (SSSR count). The fourth-order valence-electron chi connectivity index (χ4n) is 2.61. The predicted molar refractivity (Wildman–Crippen MR) is 87.5 cm³/mol. The van der Waals surface area contributed by atoms with Gasteiger partial charge in [-0.1, -0.05) is 24.3 Å². The van der Waals surface area contributed by atoms with Crippen LogP contribution in [0.4, 0.5) is 0 Å². The topological polar surface area (TPSA) is 42.2 Å². The molecule has 21 heavy (non-hydrogen) atoms. The van der Waals surface area contributed by atoms with Gasteiger partial charge in [-0.25, -0.2) is 4.79 Å². The van der Waals surface area contributed by atoms with Crippen LogP contribution in [0.2, 0.25) is 0 Å². The van der Waals surface area contributed by atoms with E-state index in [9.17, 15) is 9.90 Å². The van der Waals surface area contributed by atoms with E-state index in [4.69, 9.17) is 0 Å². The summed E-state index contributed by atoms with van der Waals surface area (Å²) < 4.78 is 2.04. The fraction of sp³-hybridized carbons (Fsp3) is 0.118. The SMILES string of the molecule is Cc1c(/C=C(/C(=O)O)c2cccs2)n(C)c2ccccc12. The molecule has 1 aromatic carbocycles. The summed E-state index contributed by atoms with van der Waals surface area (Å²) in [5.74, 6) is -0.901. The highest BCUT2D eigenvalue weighted by atomic mass is 32.1. The van der Waals surface area contributed by atoms with Crippen LogP contribution >= 0.6 is 11.3 Å². The number of thiophene rings is 1. The largest absolute Gasteiger partial charge is 0.478 e. The normalized spacial score (nSPS) is 12.0. The molecule has 3 nitrogen and oxygen atoms in total. The predicted octanol–water partition coefficient (Wildman–Crippen LogP) is 4.17. The van der Waals surface area contributed by atoms with Gasteiger partial charge in [0.15, 0.2) is 0 Å². The summed E-state index contributed by atoms with van der Waals surface area (Å²) in [6.45, 7) is 2.03. The lowest BCUT2D eigenvalue weighted by Gasteiger charge is -2.03. The highest BCUT2D eigenvalue weighted by Gasteiger charge is 2.15. The molecule has 0 saturated heterocycles. The third-order valence-electron chi connectivity index (χ3n) is 3.71. The minimum atomic E-state index is -0.901. The van der Waals surface area contributed by atoms with Crippen molar-refractivity contribution in [1.82, 2.24) is 4.57 Å². The van der Waals surface area contributed by atoms with Gasteiger partial charge in [0.05, 0.1) is 5.57 Å². The van der Waals surface area contributed by atoms with Crippen molar-refractivity contribution in [2.45, 2.75) is 6.92 Å². The van der Waals surface area contributed by atoms with Gasteiger partial charge in [0.2, 0.25) is 0 Å². The van der Waals surface area contributed by atoms with Crippen LogP contribution in [0.1, 0.15) is 16.1 Å². The number of aromatic nitrogens is 1. The number of benzene rings is 1. The Labute approximate surface area is 126 Å². The summed E-state index contributed by atoms with van der Waals surface area (Å²) >= 11 is 1.44. The fourth-order valence-corrected chi connectivity index (χ4v) is 3.35. The number of hydrogen-bond acceptors (Lipinski definition) is 2. The zero-order valence-corrected chi connectivity index (χ0v) is 12.6. The number of fused-ring (bicyclic) bond motifs is 1. The van der Waals surface area contributed by atoms with Crippen molar-refractivity contribution in [1.29, 1.82) is 0 Å².